The first-order chi connectivity index (χ1) is 24.3. The van der Waals surface area contributed by atoms with E-state index in [1.165, 1.54) is 0 Å². The van der Waals surface area contributed by atoms with Crippen LogP contribution in [-0.2, 0) is 0 Å². The van der Waals surface area contributed by atoms with E-state index in [0.717, 1.165) is 78.0 Å². The average Bonchev–Trinajstić information content (AvgIpc) is 3.60. The third kappa shape index (κ3) is 5.26. The Morgan fingerprint density at radius 2 is 0.898 bits per heavy atom. The Morgan fingerprint density at radius 1 is 0.388 bits per heavy atom. The number of fused-ring (bicyclic) bond motifs is 3. The van der Waals surface area contributed by atoms with Crippen LogP contribution in [0.2, 0.25) is 0 Å². The second kappa shape index (κ2) is 12.2. The average molecular weight is 627 g/mol. The molecule has 4 heteroatoms. The van der Waals surface area contributed by atoms with Crippen molar-refractivity contribution >= 4 is 16.3 Å². The predicted octanol–water partition coefficient (Wildman–Crippen LogP) is 11.3. The van der Waals surface area contributed by atoms with Gasteiger partial charge in [0, 0.05) is 38.8 Å². The third-order valence-electron chi connectivity index (χ3n) is 9.02. The van der Waals surface area contributed by atoms with Gasteiger partial charge in [0.25, 0.3) is 0 Å². The van der Waals surface area contributed by atoms with Crippen molar-refractivity contribution in [1.29, 1.82) is 0 Å². The van der Waals surface area contributed by atoms with E-state index in [4.69, 9.17) is 15.1 Å². The maximum absolute atomic E-state index is 5.35. The molecular weight excluding hydrogens is 597 g/mol. The van der Waals surface area contributed by atoms with Crippen LogP contribution in [0.15, 0.2) is 182 Å². The molecule has 0 aliphatic rings. The van der Waals surface area contributed by atoms with Crippen LogP contribution in [0, 0.1) is 0 Å². The van der Waals surface area contributed by atoms with E-state index in [0.29, 0.717) is 5.82 Å². The lowest BCUT2D eigenvalue weighted by atomic mass is 9.95. The Morgan fingerprint density at radius 3 is 1.51 bits per heavy atom. The highest BCUT2D eigenvalue weighted by molar-refractivity contribution is 6.09. The fraction of sp³-hybridized carbons (Fsp3) is 0. The molecule has 6 aromatic carbocycles. The van der Waals surface area contributed by atoms with Crippen LogP contribution in [0.25, 0.3) is 83.8 Å². The van der Waals surface area contributed by atoms with E-state index in [1.54, 1.807) is 0 Å². The zero-order valence-corrected chi connectivity index (χ0v) is 26.6. The molecule has 0 saturated heterocycles. The quantitative estimate of drug-likeness (QED) is 0.184. The largest absolute Gasteiger partial charge is 0.231 e. The van der Waals surface area contributed by atoms with Gasteiger partial charge in [-0.2, -0.15) is 5.10 Å². The van der Waals surface area contributed by atoms with Gasteiger partial charge in [0.15, 0.2) is 5.82 Å². The van der Waals surface area contributed by atoms with Crippen molar-refractivity contribution in [3.05, 3.63) is 182 Å². The summed E-state index contributed by atoms with van der Waals surface area (Å²) in [5.74, 6) is 0.701. The van der Waals surface area contributed by atoms with Gasteiger partial charge in [0.1, 0.15) is 5.69 Å². The number of benzene rings is 6. The van der Waals surface area contributed by atoms with Crippen molar-refractivity contribution in [3.8, 4) is 67.5 Å². The summed E-state index contributed by atoms with van der Waals surface area (Å²) in [4.78, 5) is 10.1. The second-order valence-corrected chi connectivity index (χ2v) is 12.1. The molecule has 0 radical (unpaired) electrons. The number of nitrogens with zero attached hydrogens (tertiary/aromatic N) is 4. The summed E-state index contributed by atoms with van der Waals surface area (Å²) in [6.45, 7) is 0. The topological polar surface area (TPSA) is 43.1 Å². The lowest BCUT2D eigenvalue weighted by Gasteiger charge is -2.13. The van der Waals surface area contributed by atoms with Gasteiger partial charge in [-0.25, -0.2) is 14.5 Å². The summed E-state index contributed by atoms with van der Waals surface area (Å²) in [5, 5.41) is 7.59. The van der Waals surface area contributed by atoms with Crippen molar-refractivity contribution in [2.45, 2.75) is 0 Å². The molecule has 49 heavy (non-hydrogen) atoms. The zero-order valence-electron chi connectivity index (χ0n) is 26.6. The molecule has 3 aromatic heterocycles. The summed E-state index contributed by atoms with van der Waals surface area (Å²) >= 11 is 0. The fourth-order valence-corrected chi connectivity index (χ4v) is 6.67. The van der Waals surface area contributed by atoms with E-state index in [1.807, 2.05) is 42.5 Å². The van der Waals surface area contributed by atoms with Crippen LogP contribution in [0.5, 0.6) is 0 Å². The molecule has 0 N–H and O–H groups in total. The number of aromatic nitrogens is 4. The third-order valence-corrected chi connectivity index (χ3v) is 9.02. The SMILES string of the molecule is c1ccc(-c2cc(-c3ccc4c(c3)cc(-c3ccccc3)n3nc(-c5ccccc5)c(-c5ccccc5)c43)nc(-c3ccccc3)n2)cc1. The molecule has 230 valence electrons. The number of hydrogen-bond acceptors (Lipinski definition) is 3. The second-order valence-electron chi connectivity index (χ2n) is 12.1. The van der Waals surface area contributed by atoms with Gasteiger partial charge in [0.05, 0.1) is 22.6 Å². The van der Waals surface area contributed by atoms with E-state index in [-0.39, 0.29) is 0 Å². The summed E-state index contributed by atoms with van der Waals surface area (Å²) in [5.41, 5.74) is 12.3. The van der Waals surface area contributed by atoms with Crippen molar-refractivity contribution in [2.75, 3.05) is 0 Å². The normalized spacial score (nSPS) is 11.3. The fourth-order valence-electron chi connectivity index (χ4n) is 6.67. The summed E-state index contributed by atoms with van der Waals surface area (Å²) in [6.07, 6.45) is 0. The molecule has 0 bridgehead atoms. The Balaban J connectivity index is 1.33. The minimum absolute atomic E-state index is 0.701. The maximum atomic E-state index is 5.35. The molecule has 9 rings (SSSR count). The lowest BCUT2D eigenvalue weighted by Crippen LogP contribution is -1.97. The van der Waals surface area contributed by atoms with Crippen LogP contribution >= 0.6 is 0 Å². The predicted molar refractivity (Wildman–Crippen MR) is 201 cm³/mol. The minimum atomic E-state index is 0.701. The molecule has 0 spiro atoms. The van der Waals surface area contributed by atoms with Crippen molar-refractivity contribution in [2.24, 2.45) is 0 Å². The molecule has 0 aliphatic carbocycles. The maximum Gasteiger partial charge on any atom is 0.160 e. The Kier molecular flexibility index (Phi) is 7.10. The monoisotopic (exact) mass is 626 g/mol. The minimum Gasteiger partial charge on any atom is -0.231 e. The van der Waals surface area contributed by atoms with E-state index in [9.17, 15) is 0 Å². The van der Waals surface area contributed by atoms with Crippen molar-refractivity contribution in [3.63, 3.8) is 0 Å². The van der Waals surface area contributed by atoms with Gasteiger partial charge in [-0.15, -0.1) is 0 Å². The molecule has 0 aliphatic heterocycles. The Labute approximate surface area is 284 Å². The van der Waals surface area contributed by atoms with Gasteiger partial charge < -0.3 is 0 Å². The molecular formula is C45H30N4. The first-order valence-corrected chi connectivity index (χ1v) is 16.5. The molecule has 3 heterocycles. The van der Waals surface area contributed by atoms with Crippen molar-refractivity contribution in [1.82, 2.24) is 19.6 Å². The molecule has 0 unspecified atom stereocenters. The highest BCUT2D eigenvalue weighted by Crippen LogP contribution is 2.41. The Hall–Kier alpha value is -6.65. The smallest absolute Gasteiger partial charge is 0.160 e. The first kappa shape index (κ1) is 28.6. The Bertz CT molecular complexity index is 2500. The number of pyridine rings is 1. The highest BCUT2D eigenvalue weighted by atomic mass is 15.2. The van der Waals surface area contributed by atoms with Gasteiger partial charge in [0.2, 0.25) is 0 Å². The zero-order chi connectivity index (χ0) is 32.6. The van der Waals surface area contributed by atoms with Crippen LogP contribution in [0.1, 0.15) is 0 Å². The summed E-state index contributed by atoms with van der Waals surface area (Å²) in [7, 11) is 0. The highest BCUT2D eigenvalue weighted by Gasteiger charge is 2.22. The van der Waals surface area contributed by atoms with Crippen molar-refractivity contribution < 1.29 is 0 Å². The molecule has 0 atom stereocenters. The molecule has 4 nitrogen and oxygen atoms in total. The molecule has 0 amide bonds. The van der Waals surface area contributed by atoms with Crippen LogP contribution in [0.4, 0.5) is 0 Å². The summed E-state index contributed by atoms with van der Waals surface area (Å²) in [6, 6.07) is 63.1. The molecule has 9 aromatic rings. The standard InChI is InChI=1S/C45H30N4/c1-6-16-31(17-7-1)39-30-40(47-45(46-39)35-24-14-5-15-25-35)36-26-27-38-37(28-36)29-41(32-18-8-2-9-19-32)49-44(38)42(33-20-10-3-11-21-33)43(48-49)34-22-12-4-13-23-34/h1-30H. The van der Waals surface area contributed by atoms with Gasteiger partial charge >= 0.3 is 0 Å². The number of rotatable bonds is 6. The summed E-state index contributed by atoms with van der Waals surface area (Å²) < 4.78 is 2.13. The van der Waals surface area contributed by atoms with Gasteiger partial charge in [-0.1, -0.05) is 164 Å². The number of hydrogen-bond donors (Lipinski definition) is 0. The molecule has 0 saturated carbocycles. The van der Waals surface area contributed by atoms with Crippen LogP contribution in [0.3, 0.4) is 0 Å². The van der Waals surface area contributed by atoms with Gasteiger partial charge in [-0.05, 0) is 29.1 Å². The first-order valence-electron chi connectivity index (χ1n) is 16.5. The molecule has 0 fully saturated rings. The van der Waals surface area contributed by atoms with E-state index in [2.05, 4.69) is 144 Å². The van der Waals surface area contributed by atoms with Gasteiger partial charge in [-0.3, -0.25) is 0 Å². The van der Waals surface area contributed by atoms with E-state index < -0.39 is 0 Å². The lowest BCUT2D eigenvalue weighted by molar-refractivity contribution is 0.979. The van der Waals surface area contributed by atoms with Crippen LogP contribution < -0.4 is 0 Å². The van der Waals surface area contributed by atoms with E-state index >= 15 is 0 Å². The van der Waals surface area contributed by atoms with Crippen LogP contribution in [-0.4, -0.2) is 19.6 Å².